The molecule has 106 valence electrons. The standard InChI is InChI=1S/C17H23N3/c1-3-5-11-20(16-9-7-6-8-10-16)17-12-15(19-4-2)13-18-14-17/h6-10,12-14,19H,3-5,11H2,1-2H3. The molecule has 0 spiro atoms. The molecule has 0 amide bonds. The predicted octanol–water partition coefficient (Wildman–Crippen LogP) is 4.45. The van der Waals surface area contributed by atoms with Crippen molar-refractivity contribution >= 4 is 17.1 Å². The molecule has 1 aromatic heterocycles. The van der Waals surface area contributed by atoms with E-state index in [1.807, 2.05) is 12.4 Å². The summed E-state index contributed by atoms with van der Waals surface area (Å²) in [5.74, 6) is 0. The summed E-state index contributed by atoms with van der Waals surface area (Å²) in [5, 5.41) is 3.32. The van der Waals surface area contributed by atoms with Crippen molar-refractivity contribution in [3.63, 3.8) is 0 Å². The highest BCUT2D eigenvalue weighted by molar-refractivity contribution is 5.65. The summed E-state index contributed by atoms with van der Waals surface area (Å²) in [6.07, 6.45) is 6.16. The van der Waals surface area contributed by atoms with Crippen molar-refractivity contribution in [1.82, 2.24) is 4.98 Å². The van der Waals surface area contributed by atoms with Crippen LogP contribution in [0.4, 0.5) is 17.1 Å². The van der Waals surface area contributed by atoms with Gasteiger partial charge in [-0.2, -0.15) is 0 Å². The van der Waals surface area contributed by atoms with Crippen molar-refractivity contribution in [2.75, 3.05) is 23.3 Å². The van der Waals surface area contributed by atoms with Crippen LogP contribution in [0.2, 0.25) is 0 Å². The van der Waals surface area contributed by atoms with Crippen molar-refractivity contribution < 1.29 is 0 Å². The molecule has 3 nitrogen and oxygen atoms in total. The Kier molecular flexibility index (Phi) is 5.42. The molecule has 0 aliphatic heterocycles. The molecule has 2 aromatic rings. The Morgan fingerprint density at radius 3 is 2.55 bits per heavy atom. The second-order valence-electron chi connectivity index (χ2n) is 4.80. The topological polar surface area (TPSA) is 28.2 Å². The zero-order valence-electron chi connectivity index (χ0n) is 12.3. The van der Waals surface area contributed by atoms with E-state index in [-0.39, 0.29) is 0 Å². The van der Waals surface area contributed by atoms with E-state index in [0.29, 0.717) is 0 Å². The van der Waals surface area contributed by atoms with Crippen LogP contribution >= 0.6 is 0 Å². The number of hydrogen-bond acceptors (Lipinski definition) is 3. The molecule has 1 heterocycles. The third-order valence-electron chi connectivity index (χ3n) is 3.22. The SMILES string of the molecule is CCCCN(c1ccccc1)c1cncc(NCC)c1. The summed E-state index contributed by atoms with van der Waals surface area (Å²) in [7, 11) is 0. The molecule has 0 saturated carbocycles. The minimum absolute atomic E-state index is 0.908. The van der Waals surface area contributed by atoms with Gasteiger partial charge in [-0.1, -0.05) is 31.5 Å². The van der Waals surface area contributed by atoms with Crippen LogP contribution in [-0.2, 0) is 0 Å². The maximum Gasteiger partial charge on any atom is 0.0617 e. The number of unbranched alkanes of at least 4 members (excludes halogenated alkanes) is 1. The molecular weight excluding hydrogens is 246 g/mol. The number of anilines is 3. The number of nitrogens with zero attached hydrogens (tertiary/aromatic N) is 2. The van der Waals surface area contributed by atoms with Gasteiger partial charge in [0.2, 0.25) is 0 Å². The largest absolute Gasteiger partial charge is 0.384 e. The molecule has 0 unspecified atom stereocenters. The Hall–Kier alpha value is -2.03. The number of aromatic nitrogens is 1. The number of nitrogens with one attached hydrogen (secondary N) is 1. The first-order valence-corrected chi connectivity index (χ1v) is 7.36. The van der Waals surface area contributed by atoms with Crippen LogP contribution in [0.5, 0.6) is 0 Å². The number of benzene rings is 1. The maximum absolute atomic E-state index is 4.35. The van der Waals surface area contributed by atoms with Crippen LogP contribution in [0.25, 0.3) is 0 Å². The van der Waals surface area contributed by atoms with Gasteiger partial charge in [0.15, 0.2) is 0 Å². The summed E-state index contributed by atoms with van der Waals surface area (Å²) < 4.78 is 0. The summed E-state index contributed by atoms with van der Waals surface area (Å²) in [6, 6.07) is 12.7. The van der Waals surface area contributed by atoms with Crippen LogP contribution in [0.1, 0.15) is 26.7 Å². The lowest BCUT2D eigenvalue weighted by Gasteiger charge is -2.25. The molecule has 0 aliphatic rings. The highest BCUT2D eigenvalue weighted by Gasteiger charge is 2.09. The van der Waals surface area contributed by atoms with E-state index in [9.17, 15) is 0 Å². The molecular formula is C17H23N3. The Bertz CT molecular complexity index is 511. The average molecular weight is 269 g/mol. The molecule has 20 heavy (non-hydrogen) atoms. The average Bonchev–Trinajstić information content (AvgIpc) is 2.50. The molecule has 0 atom stereocenters. The lowest BCUT2D eigenvalue weighted by molar-refractivity contribution is 0.785. The zero-order valence-corrected chi connectivity index (χ0v) is 12.3. The van der Waals surface area contributed by atoms with E-state index in [4.69, 9.17) is 0 Å². The van der Waals surface area contributed by atoms with Crippen LogP contribution in [0.15, 0.2) is 48.8 Å². The van der Waals surface area contributed by atoms with E-state index < -0.39 is 0 Å². The predicted molar refractivity (Wildman–Crippen MR) is 86.8 cm³/mol. The molecule has 2 rings (SSSR count). The minimum Gasteiger partial charge on any atom is -0.384 e. The summed E-state index contributed by atoms with van der Waals surface area (Å²) in [6.45, 7) is 6.23. The quantitative estimate of drug-likeness (QED) is 0.804. The van der Waals surface area contributed by atoms with Crippen LogP contribution in [0, 0.1) is 0 Å². The molecule has 3 heteroatoms. The van der Waals surface area contributed by atoms with Gasteiger partial charge in [0.1, 0.15) is 0 Å². The van der Waals surface area contributed by atoms with Gasteiger partial charge in [-0.3, -0.25) is 4.98 Å². The second kappa shape index (κ2) is 7.53. The fourth-order valence-corrected chi connectivity index (χ4v) is 2.21. The lowest BCUT2D eigenvalue weighted by atomic mass is 10.2. The number of pyridine rings is 1. The second-order valence-corrected chi connectivity index (χ2v) is 4.80. The minimum atomic E-state index is 0.908. The van der Waals surface area contributed by atoms with Crippen molar-refractivity contribution in [3.05, 3.63) is 48.8 Å². The Balaban J connectivity index is 2.28. The number of para-hydroxylation sites is 1. The highest BCUT2D eigenvalue weighted by atomic mass is 15.1. The van der Waals surface area contributed by atoms with Crippen LogP contribution in [0.3, 0.4) is 0 Å². The van der Waals surface area contributed by atoms with E-state index in [0.717, 1.165) is 24.5 Å². The Morgan fingerprint density at radius 2 is 1.85 bits per heavy atom. The molecule has 1 N–H and O–H groups in total. The van der Waals surface area contributed by atoms with Gasteiger partial charge in [0.25, 0.3) is 0 Å². The zero-order chi connectivity index (χ0) is 14.2. The third-order valence-corrected chi connectivity index (χ3v) is 3.22. The summed E-state index contributed by atoms with van der Waals surface area (Å²) >= 11 is 0. The normalized spacial score (nSPS) is 10.3. The van der Waals surface area contributed by atoms with Crippen molar-refractivity contribution in [3.8, 4) is 0 Å². The molecule has 0 radical (unpaired) electrons. The maximum atomic E-state index is 4.35. The van der Waals surface area contributed by atoms with Gasteiger partial charge in [-0.25, -0.2) is 0 Å². The van der Waals surface area contributed by atoms with E-state index in [1.165, 1.54) is 18.5 Å². The molecule has 0 aliphatic carbocycles. The first kappa shape index (κ1) is 14.4. The summed E-state index contributed by atoms with van der Waals surface area (Å²) in [4.78, 5) is 6.68. The summed E-state index contributed by atoms with van der Waals surface area (Å²) in [5.41, 5.74) is 3.43. The Morgan fingerprint density at radius 1 is 1.05 bits per heavy atom. The number of rotatable bonds is 7. The molecule has 0 fully saturated rings. The van der Waals surface area contributed by atoms with Gasteiger partial charge in [-0.15, -0.1) is 0 Å². The monoisotopic (exact) mass is 269 g/mol. The van der Waals surface area contributed by atoms with Crippen molar-refractivity contribution in [2.24, 2.45) is 0 Å². The van der Waals surface area contributed by atoms with Crippen LogP contribution in [-0.4, -0.2) is 18.1 Å². The van der Waals surface area contributed by atoms with Gasteiger partial charge >= 0.3 is 0 Å². The lowest BCUT2D eigenvalue weighted by Crippen LogP contribution is -2.18. The fourth-order valence-electron chi connectivity index (χ4n) is 2.21. The first-order valence-electron chi connectivity index (χ1n) is 7.36. The molecule has 0 saturated heterocycles. The van der Waals surface area contributed by atoms with Crippen molar-refractivity contribution in [2.45, 2.75) is 26.7 Å². The molecule has 0 bridgehead atoms. The Labute approximate surface area is 121 Å². The smallest absolute Gasteiger partial charge is 0.0617 e. The highest BCUT2D eigenvalue weighted by Crippen LogP contribution is 2.26. The number of hydrogen-bond donors (Lipinski definition) is 1. The third kappa shape index (κ3) is 3.73. The van der Waals surface area contributed by atoms with E-state index in [2.05, 4.69) is 65.4 Å². The molecule has 1 aromatic carbocycles. The van der Waals surface area contributed by atoms with Gasteiger partial charge < -0.3 is 10.2 Å². The van der Waals surface area contributed by atoms with E-state index in [1.54, 1.807) is 0 Å². The first-order chi connectivity index (χ1) is 9.85. The van der Waals surface area contributed by atoms with Gasteiger partial charge in [-0.05, 0) is 31.5 Å². The van der Waals surface area contributed by atoms with Gasteiger partial charge in [0.05, 0.1) is 23.8 Å². The fraction of sp³-hybridized carbons (Fsp3) is 0.353. The van der Waals surface area contributed by atoms with Crippen molar-refractivity contribution in [1.29, 1.82) is 0 Å². The van der Waals surface area contributed by atoms with Gasteiger partial charge in [0, 0.05) is 18.8 Å². The van der Waals surface area contributed by atoms with Crippen LogP contribution < -0.4 is 10.2 Å². The van der Waals surface area contributed by atoms with E-state index >= 15 is 0 Å².